The van der Waals surface area contributed by atoms with Crippen LogP contribution in [0.5, 0.6) is 0 Å². The molecule has 5 heteroatoms. The van der Waals surface area contributed by atoms with Gasteiger partial charge in [-0.25, -0.2) is 0 Å². The van der Waals surface area contributed by atoms with Crippen LogP contribution in [-0.4, -0.2) is 43.0 Å². The summed E-state index contributed by atoms with van der Waals surface area (Å²) in [4.78, 5) is 0. The smallest absolute Gasteiger partial charge is 0.0724 e. The van der Waals surface area contributed by atoms with E-state index in [0.717, 1.165) is 17.1 Å². The molecule has 2 heterocycles. The first kappa shape index (κ1) is 13.3. The lowest BCUT2D eigenvalue weighted by molar-refractivity contribution is 0.169. The van der Waals surface area contributed by atoms with E-state index in [1.807, 2.05) is 42.2 Å². The third kappa shape index (κ3) is 3.20. The van der Waals surface area contributed by atoms with Gasteiger partial charge in [-0.15, -0.1) is 0 Å². The molecule has 2 rings (SSSR count). The fraction of sp³-hybridized carbons (Fsp3) is 0.750. The average molecular weight is 272 g/mol. The molecule has 1 aliphatic rings. The van der Waals surface area contributed by atoms with Crippen molar-refractivity contribution in [2.45, 2.75) is 36.9 Å². The maximum atomic E-state index is 10.4. The summed E-state index contributed by atoms with van der Waals surface area (Å²) < 4.78 is 1.88. The van der Waals surface area contributed by atoms with Crippen molar-refractivity contribution in [3.05, 3.63) is 17.5 Å². The number of aryl methyl sites for hydroxylation is 2. The van der Waals surface area contributed by atoms with Crippen LogP contribution in [0.1, 0.15) is 18.3 Å². The topological polar surface area (TPSA) is 38.0 Å². The zero-order valence-corrected chi connectivity index (χ0v) is 12.2. The molecule has 1 aromatic heterocycles. The van der Waals surface area contributed by atoms with Gasteiger partial charge in [0.05, 0.1) is 11.8 Å². The zero-order chi connectivity index (χ0) is 12.4. The Kier molecular flexibility index (Phi) is 4.44. The Morgan fingerprint density at radius 2 is 2.24 bits per heavy atom. The minimum Gasteiger partial charge on any atom is -0.392 e. The summed E-state index contributed by atoms with van der Waals surface area (Å²) in [5, 5.41) is 15.6. The molecule has 96 valence electrons. The van der Waals surface area contributed by atoms with E-state index >= 15 is 0 Å². The molecule has 0 radical (unpaired) electrons. The minimum atomic E-state index is -0.266. The molecule has 0 bridgehead atoms. The molecule has 1 N–H and O–H groups in total. The van der Waals surface area contributed by atoms with Gasteiger partial charge in [0.2, 0.25) is 0 Å². The third-order valence-electron chi connectivity index (χ3n) is 3.13. The Balaban J connectivity index is 2.00. The predicted molar refractivity (Wildman–Crippen MR) is 75.8 cm³/mol. The van der Waals surface area contributed by atoms with Crippen molar-refractivity contribution in [3.8, 4) is 0 Å². The van der Waals surface area contributed by atoms with Crippen molar-refractivity contribution >= 4 is 23.5 Å². The average Bonchev–Trinajstić information content (AvgIpc) is 2.58. The molecule has 3 atom stereocenters. The lowest BCUT2D eigenvalue weighted by Gasteiger charge is -2.31. The van der Waals surface area contributed by atoms with Crippen molar-refractivity contribution in [1.82, 2.24) is 9.78 Å². The highest BCUT2D eigenvalue weighted by Crippen LogP contribution is 2.33. The van der Waals surface area contributed by atoms with Gasteiger partial charge >= 0.3 is 0 Å². The molecule has 0 aromatic carbocycles. The Hall–Kier alpha value is -0.130. The van der Waals surface area contributed by atoms with E-state index in [2.05, 4.69) is 18.1 Å². The number of aliphatic hydroxyl groups excluding tert-OH is 1. The molecule has 17 heavy (non-hydrogen) atoms. The first-order chi connectivity index (χ1) is 8.08. The van der Waals surface area contributed by atoms with E-state index in [-0.39, 0.29) is 6.10 Å². The van der Waals surface area contributed by atoms with Gasteiger partial charge in [-0.1, -0.05) is 6.92 Å². The highest BCUT2D eigenvalue weighted by molar-refractivity contribution is 8.07. The SMILES string of the molecule is Cc1cc(CC(O)C2SCCSC2C)n(C)n1. The minimum absolute atomic E-state index is 0.266. The predicted octanol–water partition coefficient (Wildman–Crippen LogP) is 1.87. The number of aliphatic hydroxyl groups is 1. The van der Waals surface area contributed by atoms with Gasteiger partial charge in [-0.3, -0.25) is 4.68 Å². The van der Waals surface area contributed by atoms with Crippen LogP contribution in [0, 0.1) is 6.92 Å². The molecule has 0 amide bonds. The fourth-order valence-corrected chi connectivity index (χ4v) is 5.10. The fourth-order valence-electron chi connectivity index (χ4n) is 2.26. The Bertz CT molecular complexity index is 381. The highest BCUT2D eigenvalue weighted by Gasteiger charge is 2.29. The number of nitrogens with zero attached hydrogens (tertiary/aromatic N) is 2. The van der Waals surface area contributed by atoms with Gasteiger partial charge in [-0.05, 0) is 13.0 Å². The molecule has 3 unspecified atom stereocenters. The molecule has 0 aliphatic carbocycles. The molecule has 3 nitrogen and oxygen atoms in total. The number of rotatable bonds is 3. The molecular formula is C12H20N2OS2. The van der Waals surface area contributed by atoms with Crippen molar-refractivity contribution in [3.63, 3.8) is 0 Å². The molecular weight excluding hydrogens is 252 g/mol. The van der Waals surface area contributed by atoms with Crippen LogP contribution in [0.4, 0.5) is 0 Å². The standard InChI is InChI=1S/C12H20N2OS2/c1-8-6-10(14(3)13-8)7-11(15)12-9(2)16-4-5-17-12/h6,9,11-12,15H,4-5,7H2,1-3H3. The third-order valence-corrected chi connectivity index (χ3v) is 6.37. The van der Waals surface area contributed by atoms with E-state index in [1.165, 1.54) is 5.75 Å². The van der Waals surface area contributed by atoms with Crippen LogP contribution < -0.4 is 0 Å². The van der Waals surface area contributed by atoms with Gasteiger partial charge in [0.1, 0.15) is 0 Å². The second kappa shape index (κ2) is 5.67. The summed E-state index contributed by atoms with van der Waals surface area (Å²) in [7, 11) is 1.95. The number of hydrogen-bond donors (Lipinski definition) is 1. The van der Waals surface area contributed by atoms with Crippen LogP contribution in [0.15, 0.2) is 6.07 Å². The Morgan fingerprint density at radius 1 is 1.53 bits per heavy atom. The summed E-state index contributed by atoms with van der Waals surface area (Å²) >= 11 is 3.88. The van der Waals surface area contributed by atoms with Gasteiger partial charge in [0, 0.05) is 41.2 Å². The summed E-state index contributed by atoms with van der Waals surface area (Å²) in [5.41, 5.74) is 2.15. The van der Waals surface area contributed by atoms with Crippen LogP contribution in [0.3, 0.4) is 0 Å². The quantitative estimate of drug-likeness (QED) is 0.911. The number of hydrogen-bond acceptors (Lipinski definition) is 4. The van der Waals surface area contributed by atoms with Gasteiger partial charge in [-0.2, -0.15) is 28.6 Å². The van der Waals surface area contributed by atoms with E-state index < -0.39 is 0 Å². The second-order valence-electron chi connectivity index (χ2n) is 4.58. The zero-order valence-electron chi connectivity index (χ0n) is 10.6. The van der Waals surface area contributed by atoms with Crippen molar-refractivity contribution in [1.29, 1.82) is 0 Å². The summed E-state index contributed by atoms with van der Waals surface area (Å²) in [5.74, 6) is 2.36. The molecule has 1 aromatic rings. The van der Waals surface area contributed by atoms with Crippen molar-refractivity contribution in [2.24, 2.45) is 7.05 Å². The largest absolute Gasteiger partial charge is 0.392 e. The van der Waals surface area contributed by atoms with Crippen LogP contribution >= 0.6 is 23.5 Å². The van der Waals surface area contributed by atoms with Crippen LogP contribution in [-0.2, 0) is 13.5 Å². The van der Waals surface area contributed by atoms with Crippen molar-refractivity contribution in [2.75, 3.05) is 11.5 Å². The lowest BCUT2D eigenvalue weighted by Crippen LogP contribution is -2.36. The molecule has 1 aliphatic heterocycles. The van der Waals surface area contributed by atoms with Crippen LogP contribution in [0.25, 0.3) is 0 Å². The lowest BCUT2D eigenvalue weighted by atomic mass is 10.1. The number of thioether (sulfide) groups is 2. The summed E-state index contributed by atoms with van der Waals surface area (Å²) in [6, 6.07) is 2.06. The van der Waals surface area contributed by atoms with Gasteiger partial charge < -0.3 is 5.11 Å². The second-order valence-corrected chi connectivity index (χ2v) is 7.35. The summed E-state index contributed by atoms with van der Waals surface area (Å²) in [6.45, 7) is 4.21. The van der Waals surface area contributed by atoms with Gasteiger partial charge in [0.25, 0.3) is 0 Å². The highest BCUT2D eigenvalue weighted by atomic mass is 32.2. The maximum Gasteiger partial charge on any atom is 0.0724 e. The molecule has 0 saturated carbocycles. The van der Waals surface area contributed by atoms with Crippen molar-refractivity contribution < 1.29 is 5.11 Å². The Labute approximate surface area is 111 Å². The normalized spacial score (nSPS) is 27.1. The maximum absolute atomic E-state index is 10.4. The monoisotopic (exact) mass is 272 g/mol. The van der Waals surface area contributed by atoms with Crippen LogP contribution in [0.2, 0.25) is 0 Å². The molecule has 0 spiro atoms. The van der Waals surface area contributed by atoms with E-state index in [1.54, 1.807) is 0 Å². The van der Waals surface area contributed by atoms with E-state index in [4.69, 9.17) is 0 Å². The Morgan fingerprint density at radius 3 is 2.82 bits per heavy atom. The number of aromatic nitrogens is 2. The van der Waals surface area contributed by atoms with E-state index in [9.17, 15) is 5.11 Å². The summed E-state index contributed by atoms with van der Waals surface area (Å²) in [6.07, 6.45) is 0.442. The first-order valence-electron chi connectivity index (χ1n) is 5.98. The molecule has 1 fully saturated rings. The first-order valence-corrected chi connectivity index (χ1v) is 8.08. The van der Waals surface area contributed by atoms with Gasteiger partial charge in [0.15, 0.2) is 0 Å². The van der Waals surface area contributed by atoms with E-state index in [0.29, 0.717) is 16.9 Å². The molecule has 1 saturated heterocycles.